The van der Waals surface area contributed by atoms with Crippen molar-refractivity contribution in [1.82, 2.24) is 24.1 Å². The Bertz CT molecular complexity index is 1100. The van der Waals surface area contributed by atoms with Gasteiger partial charge >= 0.3 is 0 Å². The van der Waals surface area contributed by atoms with E-state index in [1.807, 2.05) is 13.1 Å². The summed E-state index contributed by atoms with van der Waals surface area (Å²) in [6.07, 6.45) is 3.38. The number of carbonyl (C=O) groups is 1. The molecular weight excluding hydrogens is 328 g/mol. The van der Waals surface area contributed by atoms with Crippen LogP contribution in [0.25, 0.3) is 16.7 Å². The van der Waals surface area contributed by atoms with E-state index in [-0.39, 0.29) is 5.91 Å². The van der Waals surface area contributed by atoms with Crippen LogP contribution >= 0.6 is 11.6 Å². The van der Waals surface area contributed by atoms with Crippen molar-refractivity contribution in [2.24, 2.45) is 7.05 Å². The Morgan fingerprint density at radius 3 is 3.00 bits per heavy atom. The molecule has 3 heterocycles. The minimum atomic E-state index is -0.300. The summed E-state index contributed by atoms with van der Waals surface area (Å²) < 4.78 is 3.39. The van der Waals surface area contributed by atoms with Gasteiger partial charge in [-0.3, -0.25) is 10.1 Å². The maximum absolute atomic E-state index is 12.7. The van der Waals surface area contributed by atoms with Gasteiger partial charge in [0.05, 0.1) is 16.7 Å². The molecular formula is C16H13ClN6O. The van der Waals surface area contributed by atoms with Crippen LogP contribution in [0.3, 0.4) is 0 Å². The fraction of sp³-hybridized carbons (Fsp3) is 0.125. The lowest BCUT2D eigenvalue weighted by molar-refractivity contribution is 0.102. The summed E-state index contributed by atoms with van der Waals surface area (Å²) in [7, 11) is 1.83. The van der Waals surface area contributed by atoms with Crippen LogP contribution in [0.15, 0.2) is 36.7 Å². The number of imidazole rings is 1. The highest BCUT2D eigenvalue weighted by Crippen LogP contribution is 2.23. The van der Waals surface area contributed by atoms with Crippen LogP contribution in [0.5, 0.6) is 0 Å². The average Bonchev–Trinajstić information content (AvgIpc) is 3.03. The summed E-state index contributed by atoms with van der Waals surface area (Å²) in [6, 6.07) is 7.17. The molecule has 120 valence electrons. The zero-order valence-electron chi connectivity index (χ0n) is 13.0. The molecule has 8 heteroatoms. The molecule has 0 saturated carbocycles. The third-order valence-corrected chi connectivity index (χ3v) is 4.10. The van der Waals surface area contributed by atoms with E-state index in [2.05, 4.69) is 20.4 Å². The van der Waals surface area contributed by atoms with Crippen LogP contribution in [0.4, 0.5) is 5.95 Å². The van der Waals surface area contributed by atoms with E-state index in [1.165, 1.54) is 0 Å². The number of aryl methyl sites for hydroxylation is 2. The van der Waals surface area contributed by atoms with Crippen molar-refractivity contribution in [3.63, 3.8) is 0 Å². The molecule has 24 heavy (non-hydrogen) atoms. The summed E-state index contributed by atoms with van der Waals surface area (Å²) in [6.45, 7) is 1.78. The molecule has 0 radical (unpaired) electrons. The van der Waals surface area contributed by atoms with Crippen LogP contribution in [-0.4, -0.2) is 30.1 Å². The molecule has 7 nitrogen and oxygen atoms in total. The first-order valence-corrected chi connectivity index (χ1v) is 7.65. The number of hydrogen-bond donors (Lipinski definition) is 1. The number of hydrogen-bond acceptors (Lipinski definition) is 4. The second-order valence-corrected chi connectivity index (χ2v) is 5.87. The van der Waals surface area contributed by atoms with Crippen molar-refractivity contribution in [2.75, 3.05) is 5.32 Å². The molecule has 1 N–H and O–H groups in total. The Hall–Kier alpha value is -2.93. The number of halogens is 1. The first-order valence-electron chi connectivity index (χ1n) is 7.28. The third-order valence-electron chi connectivity index (χ3n) is 3.87. The van der Waals surface area contributed by atoms with Gasteiger partial charge in [-0.1, -0.05) is 11.6 Å². The molecule has 4 aromatic rings. The highest BCUT2D eigenvalue weighted by atomic mass is 35.5. The molecule has 0 bridgehead atoms. The van der Waals surface area contributed by atoms with E-state index >= 15 is 0 Å². The van der Waals surface area contributed by atoms with Crippen molar-refractivity contribution >= 4 is 40.1 Å². The quantitative estimate of drug-likeness (QED) is 0.608. The van der Waals surface area contributed by atoms with Crippen LogP contribution in [0.1, 0.15) is 16.1 Å². The van der Waals surface area contributed by atoms with E-state index < -0.39 is 0 Å². The normalized spacial score (nSPS) is 11.3. The SMILES string of the molecule is Cc1nn2cccnc2c1C(=O)Nc1nc2cc(Cl)ccc2n1C. The molecule has 0 aliphatic heterocycles. The molecule has 1 aromatic carbocycles. The van der Waals surface area contributed by atoms with E-state index in [9.17, 15) is 4.79 Å². The van der Waals surface area contributed by atoms with Gasteiger partial charge in [-0.2, -0.15) is 5.10 Å². The predicted octanol–water partition coefficient (Wildman–Crippen LogP) is 2.83. The number of benzene rings is 1. The molecule has 0 unspecified atom stereocenters. The second-order valence-electron chi connectivity index (χ2n) is 5.43. The third kappa shape index (κ3) is 2.21. The van der Waals surface area contributed by atoms with Crippen LogP contribution in [0.2, 0.25) is 5.02 Å². The molecule has 0 saturated heterocycles. The summed E-state index contributed by atoms with van der Waals surface area (Å²) in [4.78, 5) is 21.4. The number of anilines is 1. The fourth-order valence-electron chi connectivity index (χ4n) is 2.71. The van der Waals surface area contributed by atoms with E-state index in [0.29, 0.717) is 27.9 Å². The Kier molecular flexibility index (Phi) is 3.24. The van der Waals surface area contributed by atoms with Crippen molar-refractivity contribution in [3.8, 4) is 0 Å². The number of rotatable bonds is 2. The molecule has 0 fully saturated rings. The lowest BCUT2D eigenvalue weighted by Crippen LogP contribution is -2.16. The van der Waals surface area contributed by atoms with Gasteiger partial charge in [0, 0.05) is 24.5 Å². The first kappa shape index (κ1) is 14.6. The monoisotopic (exact) mass is 340 g/mol. The van der Waals surface area contributed by atoms with Crippen molar-refractivity contribution in [2.45, 2.75) is 6.92 Å². The number of nitrogens with one attached hydrogen (secondary N) is 1. The zero-order valence-corrected chi connectivity index (χ0v) is 13.7. The molecule has 0 spiro atoms. The minimum Gasteiger partial charge on any atom is -0.313 e. The Morgan fingerprint density at radius 1 is 1.33 bits per heavy atom. The number of amides is 1. The molecule has 0 atom stereocenters. The average molecular weight is 341 g/mol. The topological polar surface area (TPSA) is 77.1 Å². The smallest absolute Gasteiger partial charge is 0.263 e. The van der Waals surface area contributed by atoms with Crippen molar-refractivity contribution < 1.29 is 4.79 Å². The van der Waals surface area contributed by atoms with E-state index in [4.69, 9.17) is 11.6 Å². The Labute approximate surface area is 141 Å². The molecule has 0 aliphatic rings. The molecule has 4 rings (SSSR count). The standard InChI is InChI=1S/C16H13ClN6O/c1-9-13(14-18-6-3-7-23(14)21-9)15(24)20-16-19-11-8-10(17)4-5-12(11)22(16)2/h3-8H,1-2H3,(H,19,20,24). The van der Waals surface area contributed by atoms with Crippen LogP contribution < -0.4 is 5.32 Å². The first-order chi connectivity index (χ1) is 11.5. The van der Waals surface area contributed by atoms with Gasteiger partial charge in [-0.05, 0) is 31.2 Å². The van der Waals surface area contributed by atoms with Crippen molar-refractivity contribution in [3.05, 3.63) is 52.9 Å². The molecule has 3 aromatic heterocycles. The second kappa shape index (κ2) is 5.31. The maximum Gasteiger partial charge on any atom is 0.263 e. The van der Waals surface area contributed by atoms with Crippen LogP contribution in [0, 0.1) is 6.92 Å². The largest absolute Gasteiger partial charge is 0.313 e. The lowest BCUT2D eigenvalue weighted by atomic mass is 10.2. The molecule has 0 aliphatic carbocycles. The van der Waals surface area contributed by atoms with Gasteiger partial charge in [-0.25, -0.2) is 14.5 Å². The van der Waals surface area contributed by atoms with E-state index in [1.54, 1.807) is 46.6 Å². The molecule has 1 amide bonds. The number of nitrogens with zero attached hydrogens (tertiary/aromatic N) is 5. The fourth-order valence-corrected chi connectivity index (χ4v) is 2.88. The zero-order chi connectivity index (χ0) is 16.8. The minimum absolute atomic E-state index is 0.300. The van der Waals surface area contributed by atoms with Gasteiger partial charge in [0.15, 0.2) is 5.65 Å². The van der Waals surface area contributed by atoms with Gasteiger partial charge in [0.1, 0.15) is 5.56 Å². The summed E-state index contributed by atoms with van der Waals surface area (Å²) in [5, 5.41) is 7.73. The lowest BCUT2D eigenvalue weighted by Gasteiger charge is -2.04. The highest BCUT2D eigenvalue weighted by Gasteiger charge is 2.20. The van der Waals surface area contributed by atoms with Gasteiger partial charge in [0.2, 0.25) is 5.95 Å². The van der Waals surface area contributed by atoms with E-state index in [0.717, 1.165) is 11.0 Å². The maximum atomic E-state index is 12.7. The Balaban J connectivity index is 1.76. The van der Waals surface area contributed by atoms with Gasteiger partial charge < -0.3 is 4.57 Å². The summed E-state index contributed by atoms with van der Waals surface area (Å²) in [5.41, 5.74) is 3.14. The Morgan fingerprint density at radius 2 is 2.17 bits per heavy atom. The van der Waals surface area contributed by atoms with Crippen molar-refractivity contribution in [1.29, 1.82) is 0 Å². The predicted molar refractivity (Wildman–Crippen MR) is 91.4 cm³/mol. The van der Waals surface area contributed by atoms with Crippen LogP contribution in [-0.2, 0) is 7.05 Å². The number of fused-ring (bicyclic) bond motifs is 2. The summed E-state index contributed by atoms with van der Waals surface area (Å²) in [5.74, 6) is 0.137. The highest BCUT2D eigenvalue weighted by molar-refractivity contribution is 6.31. The van der Waals surface area contributed by atoms with Gasteiger partial charge in [-0.15, -0.1) is 0 Å². The van der Waals surface area contributed by atoms with Gasteiger partial charge in [0.25, 0.3) is 5.91 Å². The summed E-state index contributed by atoms with van der Waals surface area (Å²) >= 11 is 6.00. The number of aromatic nitrogens is 5. The number of carbonyl (C=O) groups excluding carboxylic acids is 1.